The van der Waals surface area contributed by atoms with Gasteiger partial charge in [-0.2, -0.15) is 6.42 Å². The van der Waals surface area contributed by atoms with E-state index in [4.69, 9.17) is 4.74 Å². The standard InChI is InChI=1S/C11H19NO.CH3.Y/c1-12-6-3-10(4-7-12)11(9-12)5-2-8-13-11;;/h8,10H,2-7,9H2,1H3;1H3;/q;-1;. The summed E-state index contributed by atoms with van der Waals surface area (Å²) in [6.45, 7) is 6.09. The molecule has 85 valence electrons. The molecule has 0 aromatic rings. The van der Waals surface area contributed by atoms with E-state index in [1.807, 2.05) is 6.61 Å². The van der Waals surface area contributed by atoms with E-state index >= 15 is 0 Å². The van der Waals surface area contributed by atoms with Gasteiger partial charge in [-0.25, -0.2) is 6.61 Å². The van der Waals surface area contributed by atoms with Crippen molar-refractivity contribution in [2.75, 3.05) is 26.7 Å². The minimum absolute atomic E-state index is 0. The molecule has 4 rings (SSSR count). The van der Waals surface area contributed by atoms with Gasteiger partial charge in [0.1, 0.15) is 6.54 Å². The Morgan fingerprint density at radius 2 is 2.00 bits per heavy atom. The maximum absolute atomic E-state index is 5.94. The first-order valence-electron chi connectivity index (χ1n) is 5.56. The average molecular weight is 285 g/mol. The van der Waals surface area contributed by atoms with Gasteiger partial charge in [-0.15, -0.1) is 0 Å². The molecule has 4 heterocycles. The van der Waals surface area contributed by atoms with Gasteiger partial charge in [0.05, 0.1) is 25.7 Å². The minimum atomic E-state index is 0. The molecule has 4 aliphatic heterocycles. The van der Waals surface area contributed by atoms with Crippen LogP contribution in [-0.2, 0) is 37.4 Å². The van der Waals surface area contributed by atoms with Crippen molar-refractivity contribution in [1.82, 2.24) is 0 Å². The van der Waals surface area contributed by atoms with E-state index in [9.17, 15) is 0 Å². The van der Waals surface area contributed by atoms with Crippen LogP contribution in [0.2, 0.25) is 0 Å². The molecule has 1 atom stereocenters. The average Bonchev–Trinajstić information content (AvgIpc) is 2.53. The predicted molar refractivity (Wildman–Crippen MR) is 57.3 cm³/mol. The first-order chi connectivity index (χ1) is 6.23. The van der Waals surface area contributed by atoms with Crippen LogP contribution in [0.5, 0.6) is 0 Å². The Labute approximate surface area is 119 Å². The van der Waals surface area contributed by atoms with E-state index in [1.54, 1.807) is 0 Å². The van der Waals surface area contributed by atoms with Crippen molar-refractivity contribution in [2.45, 2.75) is 31.3 Å². The van der Waals surface area contributed by atoms with E-state index in [0.29, 0.717) is 0 Å². The zero-order valence-corrected chi connectivity index (χ0v) is 12.9. The van der Waals surface area contributed by atoms with Gasteiger partial charge in [-0.1, -0.05) is 0 Å². The molecule has 0 N–H and O–H groups in total. The van der Waals surface area contributed by atoms with Gasteiger partial charge in [0.2, 0.25) is 0 Å². The molecule has 0 aliphatic carbocycles. The normalized spacial score (nSPS) is 47.4. The van der Waals surface area contributed by atoms with Gasteiger partial charge in [-0.05, 0) is 6.42 Å². The van der Waals surface area contributed by atoms with E-state index in [0.717, 1.165) is 5.92 Å². The number of nitrogens with zero attached hydrogens (tertiary/aromatic N) is 1. The Morgan fingerprint density at radius 3 is 2.47 bits per heavy atom. The van der Waals surface area contributed by atoms with Crippen LogP contribution in [-0.4, -0.2) is 36.8 Å². The summed E-state index contributed by atoms with van der Waals surface area (Å²) in [6.07, 6.45) is 5.25. The third-order valence-corrected chi connectivity index (χ3v) is 4.43. The maximum Gasteiger partial charge on any atom is 0.105 e. The van der Waals surface area contributed by atoms with Crippen molar-refractivity contribution in [3.63, 3.8) is 0 Å². The SMILES string of the molecule is C[N+]12CCC(CC1)C1(CC[CH-]O1)C2.[CH3-].[Y]. The minimum Gasteiger partial charge on any atom is -0.543 e. The van der Waals surface area contributed by atoms with E-state index in [-0.39, 0.29) is 45.7 Å². The molecule has 4 aliphatic rings. The van der Waals surface area contributed by atoms with E-state index < -0.39 is 0 Å². The van der Waals surface area contributed by atoms with Crippen LogP contribution in [0.25, 0.3) is 0 Å². The van der Waals surface area contributed by atoms with E-state index in [2.05, 4.69) is 7.05 Å². The molecular formula is C12H22NOY-. The Kier molecular flexibility index (Phi) is 4.43. The van der Waals surface area contributed by atoms with Crippen molar-refractivity contribution < 1.29 is 41.9 Å². The van der Waals surface area contributed by atoms with Crippen LogP contribution < -0.4 is 0 Å². The molecule has 15 heavy (non-hydrogen) atoms. The van der Waals surface area contributed by atoms with Crippen molar-refractivity contribution in [2.24, 2.45) is 5.92 Å². The van der Waals surface area contributed by atoms with Crippen LogP contribution in [0.1, 0.15) is 25.7 Å². The third kappa shape index (κ3) is 2.20. The number of rotatable bonds is 0. The second kappa shape index (κ2) is 4.72. The molecule has 1 unspecified atom stereocenters. The molecule has 0 amide bonds. The number of hydrogen-bond donors (Lipinski definition) is 0. The van der Waals surface area contributed by atoms with Crippen LogP contribution >= 0.6 is 0 Å². The van der Waals surface area contributed by atoms with Crippen LogP contribution in [0.4, 0.5) is 0 Å². The second-order valence-electron chi connectivity index (χ2n) is 5.39. The van der Waals surface area contributed by atoms with Gasteiger partial charge in [0.25, 0.3) is 0 Å². The fourth-order valence-electron chi connectivity index (χ4n) is 3.65. The molecule has 2 bridgehead atoms. The monoisotopic (exact) mass is 285 g/mol. The summed E-state index contributed by atoms with van der Waals surface area (Å²) < 4.78 is 7.21. The van der Waals surface area contributed by atoms with Gasteiger partial charge < -0.3 is 16.6 Å². The topological polar surface area (TPSA) is 9.23 Å². The molecular weight excluding hydrogens is 263 g/mol. The Balaban J connectivity index is 0.000000562. The third-order valence-electron chi connectivity index (χ3n) is 4.43. The number of fused-ring (bicyclic) bond motifs is 2. The first kappa shape index (κ1) is 14.1. The number of piperidine rings is 3. The molecule has 2 nitrogen and oxygen atoms in total. The summed E-state index contributed by atoms with van der Waals surface area (Å²) in [5.41, 5.74) is 0.269. The summed E-state index contributed by atoms with van der Waals surface area (Å²) in [5, 5.41) is 0. The van der Waals surface area contributed by atoms with Crippen molar-refractivity contribution in [3.05, 3.63) is 14.0 Å². The predicted octanol–water partition coefficient (Wildman–Crippen LogP) is 2.02. The Morgan fingerprint density at radius 1 is 1.33 bits per heavy atom. The summed E-state index contributed by atoms with van der Waals surface area (Å²) in [5.74, 6) is 0.867. The first-order valence-corrected chi connectivity index (χ1v) is 5.56. The quantitative estimate of drug-likeness (QED) is 0.489. The maximum atomic E-state index is 5.94. The van der Waals surface area contributed by atoms with Gasteiger partial charge >= 0.3 is 0 Å². The molecule has 0 aromatic carbocycles. The fraction of sp³-hybridized carbons (Fsp3) is 0.833. The number of likely N-dealkylation sites (N-methyl/N-ethyl adjacent to an activating group) is 1. The zero-order valence-electron chi connectivity index (χ0n) is 10.0. The van der Waals surface area contributed by atoms with Gasteiger partial charge in [0.15, 0.2) is 0 Å². The van der Waals surface area contributed by atoms with Crippen molar-refractivity contribution in [1.29, 1.82) is 0 Å². The summed E-state index contributed by atoms with van der Waals surface area (Å²) >= 11 is 0. The number of hydrogen-bond acceptors (Lipinski definition) is 1. The molecule has 1 spiro atoms. The van der Waals surface area contributed by atoms with Crippen molar-refractivity contribution >= 4 is 0 Å². The largest absolute Gasteiger partial charge is 0.543 e. The summed E-state index contributed by atoms with van der Waals surface area (Å²) in [7, 11) is 2.40. The molecule has 3 heteroatoms. The summed E-state index contributed by atoms with van der Waals surface area (Å²) in [4.78, 5) is 0. The molecule has 0 aromatic heterocycles. The van der Waals surface area contributed by atoms with Crippen molar-refractivity contribution in [3.8, 4) is 0 Å². The molecule has 1 radical (unpaired) electrons. The van der Waals surface area contributed by atoms with Crippen LogP contribution in [0.15, 0.2) is 0 Å². The Bertz CT molecular complexity index is 218. The zero-order chi connectivity index (χ0) is 8.94. The van der Waals surface area contributed by atoms with Crippen LogP contribution in [0.3, 0.4) is 0 Å². The molecule has 4 saturated heterocycles. The number of quaternary nitrogens is 1. The second-order valence-corrected chi connectivity index (χ2v) is 5.39. The van der Waals surface area contributed by atoms with Gasteiger partial charge in [-0.3, -0.25) is 0 Å². The molecule has 4 fully saturated rings. The number of ether oxygens (including phenoxy) is 1. The fourth-order valence-corrected chi connectivity index (χ4v) is 3.65. The smallest absolute Gasteiger partial charge is 0.105 e. The van der Waals surface area contributed by atoms with E-state index in [1.165, 1.54) is 49.8 Å². The van der Waals surface area contributed by atoms with Gasteiger partial charge in [0, 0.05) is 51.5 Å². The summed E-state index contributed by atoms with van der Waals surface area (Å²) in [6, 6.07) is 0. The molecule has 0 saturated carbocycles. The Hall–Kier alpha value is 1.02. The van der Waals surface area contributed by atoms with Crippen LogP contribution in [0, 0.1) is 20.0 Å².